The summed E-state index contributed by atoms with van der Waals surface area (Å²) in [4.78, 5) is 16.4. The molecule has 2 rings (SSSR count). The highest BCUT2D eigenvalue weighted by Gasteiger charge is 2.12. The molecule has 2 aromatic carbocycles. The number of para-hydroxylation sites is 2. The number of nitrogens with zero attached hydrogens (tertiary/aromatic N) is 1. The number of hydrogen-bond acceptors (Lipinski definition) is 3. The largest absolute Gasteiger partial charge is 0.345 e. The number of anilines is 1. The molecule has 0 amide bonds. The smallest absolute Gasteiger partial charge is 0.181 e. The van der Waals surface area contributed by atoms with Crippen LogP contribution in [0.3, 0.4) is 0 Å². The molecule has 0 unspecified atom stereocenters. The predicted molar refractivity (Wildman–Crippen MR) is 86.9 cm³/mol. The van der Waals surface area contributed by atoms with Crippen LogP contribution in [0.15, 0.2) is 65.7 Å². The first-order valence-electron chi connectivity index (χ1n) is 6.18. The zero-order valence-electron chi connectivity index (χ0n) is 11.0. The van der Waals surface area contributed by atoms with Gasteiger partial charge >= 0.3 is 0 Å². The van der Waals surface area contributed by atoms with E-state index in [0.29, 0.717) is 10.7 Å². The van der Waals surface area contributed by atoms with E-state index in [1.165, 1.54) is 6.92 Å². The molecule has 0 radical (unpaired) electrons. The normalized spacial score (nSPS) is 10.9. The van der Waals surface area contributed by atoms with Gasteiger partial charge in [0.2, 0.25) is 0 Å². The van der Waals surface area contributed by atoms with Crippen LogP contribution in [-0.2, 0) is 4.79 Å². The maximum absolute atomic E-state index is 11.7. The molecular formula is C16H14N2OS. The fourth-order valence-electron chi connectivity index (χ4n) is 1.63. The van der Waals surface area contributed by atoms with Gasteiger partial charge < -0.3 is 5.32 Å². The van der Waals surface area contributed by atoms with Gasteiger partial charge in [0.05, 0.1) is 5.69 Å². The zero-order valence-corrected chi connectivity index (χ0v) is 11.9. The number of carbonyl (C=O) groups excluding carboxylic acids is 1. The molecule has 0 bridgehead atoms. The average Bonchev–Trinajstić information content (AvgIpc) is 2.46. The van der Waals surface area contributed by atoms with Crippen LogP contribution in [-0.4, -0.2) is 16.5 Å². The molecule has 100 valence electrons. The van der Waals surface area contributed by atoms with Crippen molar-refractivity contribution in [2.45, 2.75) is 6.92 Å². The molecule has 0 saturated carbocycles. The number of carbonyl (C=O) groups is 1. The fourth-order valence-corrected chi connectivity index (χ4v) is 1.94. The van der Waals surface area contributed by atoms with E-state index in [2.05, 4.69) is 10.3 Å². The van der Waals surface area contributed by atoms with Crippen LogP contribution in [0.2, 0.25) is 0 Å². The van der Waals surface area contributed by atoms with Crippen molar-refractivity contribution < 1.29 is 4.79 Å². The molecule has 1 N–H and O–H groups in total. The average molecular weight is 282 g/mol. The lowest BCUT2D eigenvalue weighted by molar-refractivity contribution is -0.110. The van der Waals surface area contributed by atoms with Gasteiger partial charge in [-0.15, -0.1) is 0 Å². The van der Waals surface area contributed by atoms with Crippen LogP contribution < -0.4 is 5.32 Å². The van der Waals surface area contributed by atoms with E-state index < -0.39 is 0 Å². The second kappa shape index (κ2) is 6.73. The molecule has 0 aromatic heterocycles. The Morgan fingerprint density at radius 1 is 1.00 bits per heavy atom. The van der Waals surface area contributed by atoms with Gasteiger partial charge in [-0.25, -0.2) is 4.99 Å². The molecule has 0 atom stereocenters. The number of aliphatic imine (C=N–C) groups is 1. The minimum absolute atomic E-state index is 0.165. The Morgan fingerprint density at radius 3 is 2.10 bits per heavy atom. The van der Waals surface area contributed by atoms with Crippen molar-refractivity contribution in [1.82, 2.24) is 0 Å². The number of thiocarbonyl (C=S) groups is 1. The summed E-state index contributed by atoms with van der Waals surface area (Å²) < 4.78 is 0. The van der Waals surface area contributed by atoms with E-state index in [1.54, 1.807) is 0 Å². The highest BCUT2D eigenvalue weighted by molar-refractivity contribution is 7.82. The van der Waals surface area contributed by atoms with Gasteiger partial charge in [-0.3, -0.25) is 4.79 Å². The SMILES string of the molecule is CC(=O)C(=Nc1ccccc1)C(=S)Nc1ccccc1. The molecular weight excluding hydrogens is 268 g/mol. The summed E-state index contributed by atoms with van der Waals surface area (Å²) in [5.74, 6) is -0.165. The van der Waals surface area contributed by atoms with Crippen LogP contribution in [0.1, 0.15) is 6.92 Å². The van der Waals surface area contributed by atoms with E-state index in [1.807, 2.05) is 60.7 Å². The van der Waals surface area contributed by atoms with E-state index in [-0.39, 0.29) is 11.5 Å². The second-order valence-corrected chi connectivity index (χ2v) is 4.58. The van der Waals surface area contributed by atoms with Crippen LogP contribution in [0.5, 0.6) is 0 Å². The van der Waals surface area contributed by atoms with Crippen LogP contribution >= 0.6 is 12.2 Å². The lowest BCUT2D eigenvalue weighted by atomic mass is 10.2. The van der Waals surface area contributed by atoms with Crippen molar-refractivity contribution in [1.29, 1.82) is 0 Å². The Balaban J connectivity index is 2.23. The first kappa shape index (κ1) is 14.1. The van der Waals surface area contributed by atoms with Gasteiger partial charge in [0.1, 0.15) is 10.7 Å². The van der Waals surface area contributed by atoms with Crippen LogP contribution in [0.25, 0.3) is 0 Å². The van der Waals surface area contributed by atoms with Crippen LogP contribution in [0, 0.1) is 0 Å². The Labute approximate surface area is 123 Å². The fraction of sp³-hybridized carbons (Fsp3) is 0.0625. The maximum atomic E-state index is 11.7. The van der Waals surface area contributed by atoms with E-state index in [9.17, 15) is 4.79 Å². The van der Waals surface area contributed by atoms with Crippen molar-refractivity contribution in [2.24, 2.45) is 4.99 Å². The minimum Gasteiger partial charge on any atom is -0.345 e. The summed E-state index contributed by atoms with van der Waals surface area (Å²) in [5, 5.41) is 3.02. The quantitative estimate of drug-likeness (QED) is 0.685. The molecule has 0 aliphatic rings. The Kier molecular flexibility index (Phi) is 4.74. The van der Waals surface area contributed by atoms with E-state index in [4.69, 9.17) is 12.2 Å². The Morgan fingerprint density at radius 2 is 1.55 bits per heavy atom. The maximum Gasteiger partial charge on any atom is 0.181 e. The summed E-state index contributed by atoms with van der Waals surface area (Å²) in [6.45, 7) is 1.46. The summed E-state index contributed by atoms with van der Waals surface area (Å²) in [6.07, 6.45) is 0. The zero-order chi connectivity index (χ0) is 14.4. The van der Waals surface area contributed by atoms with Gasteiger partial charge in [0, 0.05) is 12.6 Å². The lowest BCUT2D eigenvalue weighted by Gasteiger charge is -2.08. The van der Waals surface area contributed by atoms with Crippen molar-refractivity contribution in [3.05, 3.63) is 60.7 Å². The Bertz CT molecular complexity index is 636. The van der Waals surface area contributed by atoms with Gasteiger partial charge in [-0.05, 0) is 24.3 Å². The van der Waals surface area contributed by atoms with E-state index >= 15 is 0 Å². The third-order valence-electron chi connectivity index (χ3n) is 2.58. The number of Topliss-reactive ketones (excluding diaryl/α,β-unsaturated/α-hetero) is 1. The summed E-state index contributed by atoms with van der Waals surface area (Å²) in [6, 6.07) is 18.8. The Hall–Kier alpha value is -2.33. The monoisotopic (exact) mass is 282 g/mol. The van der Waals surface area contributed by atoms with Crippen molar-refractivity contribution in [2.75, 3.05) is 5.32 Å². The first-order chi connectivity index (χ1) is 9.66. The summed E-state index contributed by atoms with van der Waals surface area (Å²) in [7, 11) is 0. The topological polar surface area (TPSA) is 41.5 Å². The van der Waals surface area contributed by atoms with Crippen molar-refractivity contribution in [3.63, 3.8) is 0 Å². The molecule has 0 saturated heterocycles. The van der Waals surface area contributed by atoms with Gasteiger partial charge in [0.25, 0.3) is 0 Å². The van der Waals surface area contributed by atoms with Gasteiger partial charge in [0.15, 0.2) is 5.78 Å². The molecule has 0 fully saturated rings. The lowest BCUT2D eigenvalue weighted by Crippen LogP contribution is -2.26. The number of benzene rings is 2. The van der Waals surface area contributed by atoms with Crippen molar-refractivity contribution in [3.8, 4) is 0 Å². The van der Waals surface area contributed by atoms with Gasteiger partial charge in [-0.2, -0.15) is 0 Å². The van der Waals surface area contributed by atoms with Crippen molar-refractivity contribution >= 4 is 40.1 Å². The number of rotatable bonds is 4. The highest BCUT2D eigenvalue weighted by atomic mass is 32.1. The molecule has 2 aromatic rings. The molecule has 4 heteroatoms. The standard InChI is InChI=1S/C16H14N2OS/c1-12(19)15(17-13-8-4-2-5-9-13)16(20)18-14-10-6-3-7-11-14/h2-11H,1H3,(H,18,20). The third kappa shape index (κ3) is 3.83. The molecule has 0 aliphatic heterocycles. The summed E-state index contributed by atoms with van der Waals surface area (Å²) in [5.41, 5.74) is 1.80. The number of ketones is 1. The number of nitrogens with one attached hydrogen (secondary N) is 1. The second-order valence-electron chi connectivity index (χ2n) is 4.17. The molecule has 0 heterocycles. The molecule has 0 aliphatic carbocycles. The summed E-state index contributed by atoms with van der Waals surface area (Å²) >= 11 is 5.27. The first-order valence-corrected chi connectivity index (χ1v) is 6.59. The molecule has 0 spiro atoms. The van der Waals surface area contributed by atoms with E-state index in [0.717, 1.165) is 5.69 Å². The third-order valence-corrected chi connectivity index (χ3v) is 2.87. The number of hydrogen-bond donors (Lipinski definition) is 1. The minimum atomic E-state index is -0.165. The predicted octanol–water partition coefficient (Wildman–Crippen LogP) is 3.79. The molecule has 20 heavy (non-hydrogen) atoms. The van der Waals surface area contributed by atoms with Gasteiger partial charge in [-0.1, -0.05) is 48.6 Å². The highest BCUT2D eigenvalue weighted by Crippen LogP contribution is 2.12. The molecule has 3 nitrogen and oxygen atoms in total. The van der Waals surface area contributed by atoms with Crippen LogP contribution in [0.4, 0.5) is 11.4 Å².